The summed E-state index contributed by atoms with van der Waals surface area (Å²) in [6, 6.07) is 0.459. The third-order valence-corrected chi connectivity index (χ3v) is 2.50. The van der Waals surface area contributed by atoms with Crippen LogP contribution in [0.25, 0.3) is 0 Å². The van der Waals surface area contributed by atoms with Gasteiger partial charge in [0.15, 0.2) is 0 Å². The van der Waals surface area contributed by atoms with E-state index < -0.39 is 47.5 Å². The molecule has 0 bridgehead atoms. The molecule has 1 aromatic rings. The molecule has 6 nitrogen and oxygen atoms in total. The molecule has 1 heterocycles. The molecular weight excluding hydrogens is 281 g/mol. The zero-order chi connectivity index (χ0) is 15.5. The van der Waals surface area contributed by atoms with Crippen molar-refractivity contribution < 1.29 is 28.2 Å². The zero-order valence-corrected chi connectivity index (χ0v) is 10.4. The lowest BCUT2D eigenvalue weighted by atomic mass is 10.0. The fourth-order valence-corrected chi connectivity index (χ4v) is 1.45. The number of aromatic amines is 1. The number of pyridine rings is 1. The molecule has 4 N–H and O–H groups in total. The molecule has 0 aliphatic carbocycles. The fraction of sp³-hybridized carbons (Fsp3) is 0.455. The molecule has 112 valence electrons. The van der Waals surface area contributed by atoms with Crippen LogP contribution in [0.1, 0.15) is 24.2 Å². The van der Waals surface area contributed by atoms with Gasteiger partial charge in [0.05, 0.1) is 5.56 Å². The Morgan fingerprint density at radius 2 is 2.05 bits per heavy atom. The van der Waals surface area contributed by atoms with Gasteiger partial charge in [-0.25, -0.2) is 0 Å². The number of carbonyl (C=O) groups is 1. The molecule has 9 heteroatoms. The summed E-state index contributed by atoms with van der Waals surface area (Å²) in [7, 11) is 0. The summed E-state index contributed by atoms with van der Waals surface area (Å²) in [6.45, 7) is 0.766. The Balaban J connectivity index is 3.00. The van der Waals surface area contributed by atoms with Gasteiger partial charge in [0.25, 0.3) is 5.56 Å². The molecule has 2 atom stereocenters. The molecule has 0 saturated carbocycles. The lowest BCUT2D eigenvalue weighted by Crippen LogP contribution is -2.36. The highest BCUT2D eigenvalue weighted by Gasteiger charge is 2.33. The standard InChI is InChI=1S/C11H13F3N2O4/c1-5(17)15-4-8(18)9(19)7-2-6(11(12,13)14)3-16-10(7)20/h2-3,8-9,18-19H,4H2,1H3,(H,15,17)(H,16,20). The van der Waals surface area contributed by atoms with Crippen LogP contribution in [0.5, 0.6) is 0 Å². The molecule has 1 rings (SSSR count). The van der Waals surface area contributed by atoms with Gasteiger partial charge in [-0.05, 0) is 6.07 Å². The van der Waals surface area contributed by atoms with Crippen molar-refractivity contribution in [1.82, 2.24) is 10.3 Å². The molecule has 0 aliphatic heterocycles. The SMILES string of the molecule is CC(=O)NCC(O)C(O)c1cc(C(F)(F)F)c[nH]c1=O. The van der Waals surface area contributed by atoms with E-state index in [0.717, 1.165) is 6.92 Å². The van der Waals surface area contributed by atoms with E-state index in [1.165, 1.54) is 0 Å². The van der Waals surface area contributed by atoms with Crippen molar-refractivity contribution in [2.24, 2.45) is 0 Å². The van der Waals surface area contributed by atoms with Crippen LogP contribution in [0.3, 0.4) is 0 Å². The van der Waals surface area contributed by atoms with Gasteiger partial charge in [0, 0.05) is 25.2 Å². The van der Waals surface area contributed by atoms with Crippen LogP contribution in [-0.2, 0) is 11.0 Å². The normalized spacial score (nSPS) is 14.7. The quantitative estimate of drug-likeness (QED) is 0.624. The number of aliphatic hydroxyl groups excluding tert-OH is 2. The predicted molar refractivity (Wildman–Crippen MR) is 61.7 cm³/mol. The third kappa shape index (κ3) is 4.07. The highest BCUT2D eigenvalue weighted by atomic mass is 19.4. The molecular formula is C11H13F3N2O4. The maximum atomic E-state index is 12.5. The van der Waals surface area contributed by atoms with Crippen LogP contribution >= 0.6 is 0 Å². The van der Waals surface area contributed by atoms with Gasteiger partial charge < -0.3 is 20.5 Å². The zero-order valence-electron chi connectivity index (χ0n) is 10.4. The number of halogens is 3. The minimum atomic E-state index is -4.69. The Bertz CT molecular complexity index is 541. The summed E-state index contributed by atoms with van der Waals surface area (Å²) in [5, 5.41) is 21.4. The van der Waals surface area contributed by atoms with Crippen molar-refractivity contribution in [2.45, 2.75) is 25.3 Å². The van der Waals surface area contributed by atoms with Crippen molar-refractivity contribution in [3.8, 4) is 0 Å². The number of H-pyrrole nitrogens is 1. The van der Waals surface area contributed by atoms with Crippen LogP contribution in [-0.4, -0.2) is 33.8 Å². The summed E-state index contributed by atoms with van der Waals surface area (Å²) in [5.41, 5.74) is -2.73. The van der Waals surface area contributed by atoms with Crippen LogP contribution in [0.2, 0.25) is 0 Å². The maximum Gasteiger partial charge on any atom is 0.417 e. The number of hydrogen-bond donors (Lipinski definition) is 4. The van der Waals surface area contributed by atoms with Crippen LogP contribution < -0.4 is 10.9 Å². The van der Waals surface area contributed by atoms with E-state index in [-0.39, 0.29) is 0 Å². The number of aromatic nitrogens is 1. The molecule has 20 heavy (non-hydrogen) atoms. The van der Waals surface area contributed by atoms with Gasteiger partial charge in [-0.1, -0.05) is 0 Å². The van der Waals surface area contributed by atoms with E-state index in [4.69, 9.17) is 0 Å². The summed E-state index contributed by atoms with van der Waals surface area (Å²) < 4.78 is 37.5. The lowest BCUT2D eigenvalue weighted by molar-refractivity contribution is -0.138. The number of nitrogens with one attached hydrogen (secondary N) is 2. The Morgan fingerprint density at radius 1 is 1.45 bits per heavy atom. The second-order valence-corrected chi connectivity index (χ2v) is 4.12. The van der Waals surface area contributed by atoms with Crippen LogP contribution in [0, 0.1) is 0 Å². The van der Waals surface area contributed by atoms with Gasteiger partial charge in [-0.3, -0.25) is 9.59 Å². The van der Waals surface area contributed by atoms with Gasteiger partial charge in [0.1, 0.15) is 12.2 Å². The van der Waals surface area contributed by atoms with Crippen molar-refractivity contribution in [2.75, 3.05) is 6.54 Å². The van der Waals surface area contributed by atoms with Crippen molar-refractivity contribution in [1.29, 1.82) is 0 Å². The number of rotatable bonds is 4. The molecule has 2 unspecified atom stereocenters. The van der Waals surface area contributed by atoms with E-state index in [2.05, 4.69) is 5.32 Å². The maximum absolute atomic E-state index is 12.5. The molecule has 0 saturated heterocycles. The molecule has 0 aliphatic rings. The molecule has 0 aromatic carbocycles. The predicted octanol–water partition coefficient (Wildman–Crippen LogP) is -0.0759. The van der Waals surface area contributed by atoms with Gasteiger partial charge in [-0.15, -0.1) is 0 Å². The minimum Gasteiger partial charge on any atom is -0.388 e. The van der Waals surface area contributed by atoms with E-state index in [9.17, 15) is 33.0 Å². The van der Waals surface area contributed by atoms with E-state index in [0.29, 0.717) is 12.3 Å². The first-order valence-corrected chi connectivity index (χ1v) is 5.53. The number of alkyl halides is 3. The molecule has 0 fully saturated rings. The molecule has 0 spiro atoms. The van der Waals surface area contributed by atoms with Gasteiger partial charge >= 0.3 is 6.18 Å². The minimum absolute atomic E-state index is 0.397. The first-order valence-electron chi connectivity index (χ1n) is 5.53. The van der Waals surface area contributed by atoms with E-state index in [1.54, 1.807) is 0 Å². The summed E-state index contributed by atoms with van der Waals surface area (Å²) >= 11 is 0. The molecule has 1 amide bonds. The average Bonchev–Trinajstić information content (AvgIpc) is 2.34. The fourth-order valence-electron chi connectivity index (χ4n) is 1.45. The number of carbonyl (C=O) groups excluding carboxylic acids is 1. The lowest BCUT2D eigenvalue weighted by Gasteiger charge is -2.18. The van der Waals surface area contributed by atoms with E-state index in [1.807, 2.05) is 4.98 Å². The monoisotopic (exact) mass is 294 g/mol. The highest BCUT2D eigenvalue weighted by molar-refractivity contribution is 5.72. The largest absolute Gasteiger partial charge is 0.417 e. The summed E-state index contributed by atoms with van der Waals surface area (Å²) in [5.74, 6) is -0.491. The first kappa shape index (κ1) is 16.2. The van der Waals surface area contributed by atoms with Crippen molar-refractivity contribution in [3.05, 3.63) is 33.7 Å². The Morgan fingerprint density at radius 3 is 2.55 bits per heavy atom. The van der Waals surface area contributed by atoms with Crippen LogP contribution in [0.15, 0.2) is 17.1 Å². The van der Waals surface area contributed by atoms with Crippen LogP contribution in [0.4, 0.5) is 13.2 Å². The summed E-state index contributed by atoms with van der Waals surface area (Å²) in [4.78, 5) is 23.9. The number of hydrogen-bond acceptors (Lipinski definition) is 4. The smallest absolute Gasteiger partial charge is 0.388 e. The van der Waals surface area contributed by atoms with Gasteiger partial charge in [0.2, 0.25) is 5.91 Å². The highest BCUT2D eigenvalue weighted by Crippen LogP contribution is 2.29. The second-order valence-electron chi connectivity index (χ2n) is 4.12. The Labute approximate surface area is 111 Å². The van der Waals surface area contributed by atoms with Crippen molar-refractivity contribution in [3.63, 3.8) is 0 Å². The third-order valence-electron chi connectivity index (χ3n) is 2.50. The van der Waals surface area contributed by atoms with Crippen molar-refractivity contribution >= 4 is 5.91 Å². The first-order chi connectivity index (χ1) is 9.12. The van der Waals surface area contributed by atoms with E-state index >= 15 is 0 Å². The second kappa shape index (κ2) is 6.06. The number of amides is 1. The molecule has 0 radical (unpaired) electrons. The topological polar surface area (TPSA) is 102 Å². The molecule has 1 aromatic heterocycles. The number of aliphatic hydroxyl groups is 2. The van der Waals surface area contributed by atoms with Gasteiger partial charge in [-0.2, -0.15) is 13.2 Å². The average molecular weight is 294 g/mol. The Kier molecular flexibility index (Phi) is 4.90. The summed E-state index contributed by atoms with van der Waals surface area (Å²) in [6.07, 6.45) is -7.68. The Hall–Kier alpha value is -1.87.